The monoisotopic (exact) mass is 468 g/mol. The van der Waals surface area contributed by atoms with Gasteiger partial charge in [-0.2, -0.15) is 0 Å². The number of benzene rings is 2. The Bertz CT molecular complexity index is 1360. The van der Waals surface area contributed by atoms with Gasteiger partial charge in [-0.25, -0.2) is 14.8 Å². The van der Waals surface area contributed by atoms with Crippen LogP contribution in [0.3, 0.4) is 0 Å². The van der Waals surface area contributed by atoms with Gasteiger partial charge in [0.1, 0.15) is 5.01 Å². The Morgan fingerprint density at radius 3 is 2.66 bits per heavy atom. The van der Waals surface area contributed by atoms with Crippen molar-refractivity contribution in [1.82, 2.24) is 14.5 Å². The van der Waals surface area contributed by atoms with E-state index in [0.717, 1.165) is 0 Å². The molecule has 162 valence electrons. The van der Waals surface area contributed by atoms with E-state index in [1.54, 1.807) is 36.6 Å². The van der Waals surface area contributed by atoms with E-state index in [-0.39, 0.29) is 23.5 Å². The summed E-state index contributed by atoms with van der Waals surface area (Å²) in [7, 11) is 0. The van der Waals surface area contributed by atoms with E-state index >= 15 is 0 Å². The normalized spacial score (nSPS) is 10.9. The van der Waals surface area contributed by atoms with Crippen LogP contribution in [0.5, 0.6) is 0 Å². The van der Waals surface area contributed by atoms with Crippen LogP contribution in [0.15, 0.2) is 63.9 Å². The maximum atomic E-state index is 13.2. The van der Waals surface area contributed by atoms with Crippen LogP contribution in [0.4, 0.5) is 5.69 Å². The van der Waals surface area contributed by atoms with Crippen molar-refractivity contribution in [2.24, 2.45) is 0 Å². The smallest absolute Gasteiger partial charge is 0.357 e. The molecule has 2 heterocycles. The number of ether oxygens (including phenoxy) is 1. The zero-order valence-electron chi connectivity index (χ0n) is 16.8. The summed E-state index contributed by atoms with van der Waals surface area (Å²) in [5.74, 6) is -0.103. The van der Waals surface area contributed by atoms with Crippen molar-refractivity contribution in [2.75, 3.05) is 6.61 Å². The molecule has 32 heavy (non-hydrogen) atoms. The lowest BCUT2D eigenvalue weighted by molar-refractivity contribution is -0.384. The second-order valence-corrected chi connectivity index (χ2v) is 8.35. The molecule has 4 rings (SSSR count). The third-order valence-electron chi connectivity index (χ3n) is 4.42. The number of nitro groups is 1. The lowest BCUT2D eigenvalue weighted by Gasteiger charge is -2.12. The van der Waals surface area contributed by atoms with Crippen LogP contribution in [0.25, 0.3) is 16.6 Å². The van der Waals surface area contributed by atoms with Crippen LogP contribution < -0.4 is 5.56 Å². The van der Waals surface area contributed by atoms with Gasteiger partial charge in [0.05, 0.1) is 33.9 Å². The van der Waals surface area contributed by atoms with Crippen molar-refractivity contribution in [3.05, 3.63) is 85.1 Å². The summed E-state index contributed by atoms with van der Waals surface area (Å²) in [5, 5.41) is 14.1. The number of fused-ring (bicyclic) bond motifs is 1. The summed E-state index contributed by atoms with van der Waals surface area (Å²) < 4.78 is 6.39. The van der Waals surface area contributed by atoms with Crippen LogP contribution in [0.1, 0.15) is 22.4 Å². The predicted octanol–water partition coefficient (Wildman–Crippen LogP) is 4.22. The van der Waals surface area contributed by atoms with Crippen molar-refractivity contribution in [3.8, 4) is 5.69 Å². The molecule has 0 amide bonds. The number of carbonyl (C=O) groups is 1. The number of carbonyl (C=O) groups excluding carboxylic acids is 1. The summed E-state index contributed by atoms with van der Waals surface area (Å²) in [5.41, 5.74) is 0.904. The zero-order valence-corrected chi connectivity index (χ0v) is 18.4. The molecule has 0 spiro atoms. The predicted molar refractivity (Wildman–Crippen MR) is 122 cm³/mol. The van der Waals surface area contributed by atoms with Gasteiger partial charge in [0, 0.05) is 17.5 Å². The molecule has 0 aliphatic rings. The van der Waals surface area contributed by atoms with Crippen molar-refractivity contribution in [3.63, 3.8) is 0 Å². The molecule has 0 saturated carbocycles. The first-order chi connectivity index (χ1) is 15.5. The summed E-state index contributed by atoms with van der Waals surface area (Å²) in [6.45, 7) is 1.99. The molecule has 9 nitrogen and oxygen atoms in total. The van der Waals surface area contributed by atoms with Gasteiger partial charge in [-0.05, 0) is 31.2 Å². The molecule has 0 aliphatic carbocycles. The minimum atomic E-state index is -0.496. The molecule has 0 radical (unpaired) electrons. The number of nitro benzene ring substituents is 1. The summed E-state index contributed by atoms with van der Waals surface area (Å²) in [6, 6.07) is 12.7. The molecule has 0 saturated heterocycles. The Morgan fingerprint density at radius 2 is 1.94 bits per heavy atom. The topological polar surface area (TPSA) is 117 Å². The van der Waals surface area contributed by atoms with Crippen LogP contribution in [0, 0.1) is 10.1 Å². The minimum Gasteiger partial charge on any atom is -0.461 e. The molecule has 0 N–H and O–H groups in total. The van der Waals surface area contributed by atoms with E-state index in [2.05, 4.69) is 9.97 Å². The number of aromatic nitrogens is 3. The Hall–Kier alpha value is -3.57. The highest BCUT2D eigenvalue weighted by Crippen LogP contribution is 2.27. The minimum absolute atomic E-state index is 0.0703. The van der Waals surface area contributed by atoms with Crippen molar-refractivity contribution < 1.29 is 14.5 Å². The van der Waals surface area contributed by atoms with Crippen molar-refractivity contribution >= 4 is 45.7 Å². The molecule has 0 aliphatic heterocycles. The van der Waals surface area contributed by atoms with E-state index in [4.69, 9.17) is 4.74 Å². The van der Waals surface area contributed by atoms with E-state index in [9.17, 15) is 19.7 Å². The number of esters is 1. The number of non-ortho nitro benzene ring substituents is 1. The third kappa shape index (κ3) is 4.39. The van der Waals surface area contributed by atoms with Crippen molar-refractivity contribution in [2.45, 2.75) is 17.8 Å². The molecule has 11 heteroatoms. The molecule has 0 fully saturated rings. The van der Waals surface area contributed by atoms with Gasteiger partial charge in [-0.15, -0.1) is 11.3 Å². The van der Waals surface area contributed by atoms with E-state index in [0.29, 0.717) is 32.5 Å². The number of hydrogen-bond donors (Lipinski definition) is 0. The molecule has 0 bridgehead atoms. The SMILES string of the molecule is CCOC(=O)c1csc(CSc2nc3ccccc3c(=O)n2-c2ccc([N+](=O)[O-])cc2)n1. The Labute approximate surface area is 189 Å². The van der Waals surface area contributed by atoms with Gasteiger partial charge in [0.25, 0.3) is 11.2 Å². The number of hydrogen-bond acceptors (Lipinski definition) is 9. The Morgan fingerprint density at radius 1 is 1.19 bits per heavy atom. The molecule has 4 aromatic rings. The Balaban J connectivity index is 1.71. The lowest BCUT2D eigenvalue weighted by atomic mass is 10.2. The number of thioether (sulfide) groups is 1. The van der Waals surface area contributed by atoms with Crippen LogP contribution in [0.2, 0.25) is 0 Å². The first-order valence-corrected chi connectivity index (χ1v) is 11.4. The maximum Gasteiger partial charge on any atom is 0.357 e. The second kappa shape index (κ2) is 9.28. The largest absolute Gasteiger partial charge is 0.461 e. The Kier molecular flexibility index (Phi) is 6.28. The lowest BCUT2D eigenvalue weighted by Crippen LogP contribution is -2.21. The fourth-order valence-electron chi connectivity index (χ4n) is 2.96. The average molecular weight is 469 g/mol. The first-order valence-electron chi connectivity index (χ1n) is 9.49. The van der Waals surface area contributed by atoms with Gasteiger partial charge in [0.15, 0.2) is 10.9 Å². The van der Waals surface area contributed by atoms with E-state index in [1.807, 2.05) is 0 Å². The maximum absolute atomic E-state index is 13.2. The molecule has 0 unspecified atom stereocenters. The third-order valence-corrected chi connectivity index (χ3v) is 6.41. The average Bonchev–Trinajstić information content (AvgIpc) is 3.27. The highest BCUT2D eigenvalue weighted by Gasteiger charge is 2.17. The van der Waals surface area contributed by atoms with Gasteiger partial charge >= 0.3 is 5.97 Å². The molecule has 2 aromatic carbocycles. The number of nitrogens with zero attached hydrogens (tertiary/aromatic N) is 4. The fraction of sp³-hybridized carbons (Fsp3) is 0.143. The van der Waals surface area contributed by atoms with Crippen molar-refractivity contribution in [1.29, 1.82) is 0 Å². The number of rotatable bonds is 7. The standard InChI is InChI=1S/C21H16N4O5S2/c1-2-30-20(27)17-11-31-18(22-17)12-32-21-23-16-6-4-3-5-15(16)19(26)24(21)13-7-9-14(10-8-13)25(28)29/h3-11H,2,12H2,1H3. The van der Waals surface area contributed by atoms with Gasteiger partial charge in [0.2, 0.25) is 0 Å². The number of thiazole rings is 1. The molecule has 2 aromatic heterocycles. The number of para-hydroxylation sites is 1. The first kappa shape index (κ1) is 21.7. The summed E-state index contributed by atoms with van der Waals surface area (Å²) in [6.07, 6.45) is 0. The van der Waals surface area contributed by atoms with E-state index in [1.165, 1.54) is 51.9 Å². The quantitative estimate of drug-likeness (QED) is 0.130. The van der Waals surface area contributed by atoms with Crippen LogP contribution >= 0.6 is 23.1 Å². The van der Waals surface area contributed by atoms with Crippen LogP contribution in [-0.2, 0) is 10.5 Å². The molecule has 0 atom stereocenters. The van der Waals surface area contributed by atoms with E-state index < -0.39 is 10.9 Å². The highest BCUT2D eigenvalue weighted by atomic mass is 32.2. The molecular formula is C21H16N4O5S2. The summed E-state index contributed by atoms with van der Waals surface area (Å²) in [4.78, 5) is 44.5. The zero-order chi connectivity index (χ0) is 22.7. The van der Waals surface area contributed by atoms with Gasteiger partial charge < -0.3 is 4.74 Å². The fourth-order valence-corrected chi connectivity index (χ4v) is 4.76. The van der Waals surface area contributed by atoms with Gasteiger partial charge in [-0.1, -0.05) is 23.9 Å². The second-order valence-electron chi connectivity index (χ2n) is 6.46. The highest BCUT2D eigenvalue weighted by molar-refractivity contribution is 7.98. The molecular weight excluding hydrogens is 452 g/mol. The van der Waals surface area contributed by atoms with Gasteiger partial charge in [-0.3, -0.25) is 19.5 Å². The summed E-state index contributed by atoms with van der Waals surface area (Å²) >= 11 is 2.60. The van der Waals surface area contributed by atoms with Crippen LogP contribution in [-0.4, -0.2) is 32.0 Å².